The molecule has 0 fully saturated rings. The molecule has 0 aromatic rings. The Bertz CT molecular complexity index is 138. The Morgan fingerprint density at radius 1 is 1.60 bits per heavy atom. The van der Waals surface area contributed by atoms with E-state index in [1.165, 1.54) is 12.8 Å². The van der Waals surface area contributed by atoms with Crippen molar-refractivity contribution in [2.24, 2.45) is 0 Å². The Kier molecular flexibility index (Phi) is 2.50. The summed E-state index contributed by atoms with van der Waals surface area (Å²) in [6, 6.07) is 0.758. The van der Waals surface area contributed by atoms with E-state index >= 15 is 0 Å². The van der Waals surface area contributed by atoms with Crippen molar-refractivity contribution in [1.29, 1.82) is 0 Å². The first kappa shape index (κ1) is 7.80. The molecule has 1 atom stereocenters. The molecule has 0 unspecified atom stereocenters. The lowest BCUT2D eigenvalue weighted by molar-refractivity contribution is 0.278. The van der Waals surface area contributed by atoms with Crippen molar-refractivity contribution in [3.05, 3.63) is 11.6 Å². The minimum atomic E-state index is 0.758. The number of nitrogens with zero attached hydrogens (tertiary/aromatic N) is 1. The minimum Gasteiger partial charge on any atom is -0.300 e. The first-order valence-corrected chi connectivity index (χ1v) is 4.06. The van der Waals surface area contributed by atoms with Crippen molar-refractivity contribution in [3.63, 3.8) is 0 Å². The molecule has 1 rings (SSSR count). The Morgan fingerprint density at radius 2 is 2.30 bits per heavy atom. The number of rotatable bonds is 0. The summed E-state index contributed by atoms with van der Waals surface area (Å²) < 4.78 is 0. The van der Waals surface area contributed by atoms with Gasteiger partial charge in [-0.05, 0) is 33.7 Å². The lowest BCUT2D eigenvalue weighted by Crippen LogP contribution is -2.27. The highest BCUT2D eigenvalue weighted by molar-refractivity contribution is 5.02. The summed E-state index contributed by atoms with van der Waals surface area (Å²) in [4.78, 5) is 2.40. The second kappa shape index (κ2) is 3.20. The molecule has 0 N–H and O–H groups in total. The average molecular weight is 139 g/mol. The third-order valence-corrected chi connectivity index (χ3v) is 2.44. The van der Waals surface area contributed by atoms with E-state index in [1.807, 2.05) is 0 Å². The summed E-state index contributed by atoms with van der Waals surface area (Å²) in [5, 5.41) is 0. The van der Waals surface area contributed by atoms with Crippen LogP contribution in [0.4, 0.5) is 0 Å². The predicted octanol–water partition coefficient (Wildman–Crippen LogP) is 2.05. The molecule has 1 aliphatic heterocycles. The summed E-state index contributed by atoms with van der Waals surface area (Å²) in [5.41, 5.74) is 1.55. The van der Waals surface area contributed by atoms with Gasteiger partial charge in [0.1, 0.15) is 0 Å². The third kappa shape index (κ3) is 1.84. The smallest absolute Gasteiger partial charge is 0.0165 e. The van der Waals surface area contributed by atoms with Gasteiger partial charge in [0.15, 0.2) is 0 Å². The lowest BCUT2D eigenvalue weighted by Gasteiger charge is -2.20. The number of allylic oxidation sites excluding steroid dienone is 1. The summed E-state index contributed by atoms with van der Waals surface area (Å²) in [6.45, 7) is 5.66. The molecule has 1 heterocycles. The fourth-order valence-electron chi connectivity index (χ4n) is 1.24. The maximum Gasteiger partial charge on any atom is 0.0165 e. The van der Waals surface area contributed by atoms with Crippen LogP contribution in [0.25, 0.3) is 0 Å². The molecule has 0 saturated carbocycles. The molecule has 58 valence electrons. The van der Waals surface area contributed by atoms with Crippen molar-refractivity contribution in [3.8, 4) is 0 Å². The Labute approximate surface area is 63.7 Å². The normalized spacial score (nSPS) is 29.5. The van der Waals surface area contributed by atoms with Crippen LogP contribution in [0, 0.1) is 0 Å². The largest absolute Gasteiger partial charge is 0.300 e. The summed E-state index contributed by atoms with van der Waals surface area (Å²) in [5.74, 6) is 0. The predicted molar refractivity (Wildman–Crippen MR) is 45.1 cm³/mol. The van der Waals surface area contributed by atoms with Gasteiger partial charge >= 0.3 is 0 Å². The molecule has 1 heteroatoms. The van der Waals surface area contributed by atoms with Gasteiger partial charge in [0.05, 0.1) is 0 Å². The summed E-state index contributed by atoms with van der Waals surface area (Å²) >= 11 is 0. The van der Waals surface area contributed by atoms with Gasteiger partial charge in [-0.1, -0.05) is 11.6 Å². The van der Waals surface area contributed by atoms with Gasteiger partial charge in [-0.3, -0.25) is 0 Å². The Balaban J connectivity index is 2.52. The second-order valence-electron chi connectivity index (χ2n) is 3.38. The molecule has 0 bridgehead atoms. The third-order valence-electron chi connectivity index (χ3n) is 2.44. The van der Waals surface area contributed by atoms with Crippen LogP contribution in [-0.2, 0) is 0 Å². The minimum absolute atomic E-state index is 0.758. The van der Waals surface area contributed by atoms with Gasteiger partial charge in [0, 0.05) is 12.6 Å². The standard InChI is InChI=1S/C9H17N/c1-8-4-5-9(2)10(3)7-6-8/h6,9H,4-5,7H2,1-3H3/t9-/m1/s1. The van der Waals surface area contributed by atoms with Crippen LogP contribution in [0.5, 0.6) is 0 Å². The van der Waals surface area contributed by atoms with Crippen molar-refractivity contribution in [2.45, 2.75) is 32.7 Å². The van der Waals surface area contributed by atoms with E-state index < -0.39 is 0 Å². The van der Waals surface area contributed by atoms with Crippen LogP contribution in [0.15, 0.2) is 11.6 Å². The SMILES string of the molecule is CC1=CCN(C)[C@H](C)CC1. The van der Waals surface area contributed by atoms with E-state index in [9.17, 15) is 0 Å². The van der Waals surface area contributed by atoms with E-state index in [2.05, 4.69) is 31.9 Å². The molecule has 0 aliphatic carbocycles. The zero-order chi connectivity index (χ0) is 7.56. The molecule has 0 saturated heterocycles. The highest BCUT2D eigenvalue weighted by Gasteiger charge is 2.10. The topological polar surface area (TPSA) is 3.24 Å². The summed E-state index contributed by atoms with van der Waals surface area (Å²) in [6.07, 6.45) is 4.94. The van der Waals surface area contributed by atoms with Crippen LogP contribution in [0.1, 0.15) is 26.7 Å². The van der Waals surface area contributed by atoms with E-state index in [0.29, 0.717) is 0 Å². The molecule has 1 aliphatic rings. The second-order valence-corrected chi connectivity index (χ2v) is 3.38. The first-order chi connectivity index (χ1) is 4.70. The number of hydrogen-bond acceptors (Lipinski definition) is 1. The van der Waals surface area contributed by atoms with Crippen molar-refractivity contribution in [2.75, 3.05) is 13.6 Å². The zero-order valence-corrected chi connectivity index (χ0v) is 7.22. The molecule has 1 nitrogen and oxygen atoms in total. The van der Waals surface area contributed by atoms with Gasteiger partial charge in [-0.2, -0.15) is 0 Å². The van der Waals surface area contributed by atoms with Gasteiger partial charge in [-0.25, -0.2) is 0 Å². The van der Waals surface area contributed by atoms with Gasteiger partial charge in [0.2, 0.25) is 0 Å². The molecule has 0 amide bonds. The summed E-state index contributed by atoms with van der Waals surface area (Å²) in [7, 11) is 2.19. The van der Waals surface area contributed by atoms with Crippen LogP contribution in [0.3, 0.4) is 0 Å². The van der Waals surface area contributed by atoms with Crippen LogP contribution in [0.2, 0.25) is 0 Å². The van der Waals surface area contributed by atoms with Gasteiger partial charge < -0.3 is 4.90 Å². The fourth-order valence-corrected chi connectivity index (χ4v) is 1.24. The van der Waals surface area contributed by atoms with E-state index in [0.717, 1.165) is 12.6 Å². The average Bonchev–Trinajstić information content (AvgIpc) is 2.04. The van der Waals surface area contributed by atoms with E-state index in [1.54, 1.807) is 5.57 Å². The monoisotopic (exact) mass is 139 g/mol. The van der Waals surface area contributed by atoms with Gasteiger partial charge in [-0.15, -0.1) is 0 Å². The molecular formula is C9H17N. The molecule has 0 aromatic heterocycles. The molecule has 0 radical (unpaired) electrons. The Morgan fingerprint density at radius 3 is 3.00 bits per heavy atom. The number of hydrogen-bond donors (Lipinski definition) is 0. The quantitative estimate of drug-likeness (QED) is 0.464. The first-order valence-electron chi connectivity index (χ1n) is 4.06. The van der Waals surface area contributed by atoms with Crippen molar-refractivity contribution >= 4 is 0 Å². The number of likely N-dealkylation sites (N-methyl/N-ethyl adjacent to an activating group) is 1. The molecule has 10 heavy (non-hydrogen) atoms. The van der Waals surface area contributed by atoms with Gasteiger partial charge in [0.25, 0.3) is 0 Å². The molecule has 0 spiro atoms. The maximum absolute atomic E-state index is 2.40. The maximum atomic E-state index is 2.40. The van der Waals surface area contributed by atoms with Crippen LogP contribution >= 0.6 is 0 Å². The molecule has 0 aromatic carbocycles. The van der Waals surface area contributed by atoms with Crippen molar-refractivity contribution < 1.29 is 0 Å². The van der Waals surface area contributed by atoms with Crippen LogP contribution < -0.4 is 0 Å². The van der Waals surface area contributed by atoms with E-state index in [-0.39, 0.29) is 0 Å². The Hall–Kier alpha value is -0.300. The highest BCUT2D eigenvalue weighted by atomic mass is 15.1. The van der Waals surface area contributed by atoms with Crippen molar-refractivity contribution in [1.82, 2.24) is 4.90 Å². The lowest BCUT2D eigenvalue weighted by atomic mass is 10.1. The highest BCUT2D eigenvalue weighted by Crippen LogP contribution is 2.14. The zero-order valence-electron chi connectivity index (χ0n) is 7.22. The fraction of sp³-hybridized carbons (Fsp3) is 0.778. The molecular weight excluding hydrogens is 122 g/mol. The van der Waals surface area contributed by atoms with E-state index in [4.69, 9.17) is 0 Å². The van der Waals surface area contributed by atoms with Crippen LogP contribution in [-0.4, -0.2) is 24.5 Å².